The largest absolute Gasteiger partial charge is 0.508 e. The van der Waals surface area contributed by atoms with E-state index in [2.05, 4.69) is 0 Å². The zero-order valence-corrected chi connectivity index (χ0v) is 17.3. The third-order valence-corrected chi connectivity index (χ3v) is 5.63. The molecule has 6 N–H and O–H groups in total. The standard InChI is InChI=1S/C22H20O12/c23-6-17-19(27)20(28)21(29)22(34-17)33-13-5-15-14(30-7-31-15)3-9(13)12-4-11(26)18-10(25)1-8(24)2-16(18)32-12/h1-5,17,19-25,27-29H,6-7H2/t17-,19-,20+,21-,22-/m1/s1. The zero-order valence-electron chi connectivity index (χ0n) is 17.3. The van der Waals surface area contributed by atoms with E-state index in [0.717, 1.165) is 18.2 Å². The molecule has 0 bridgehead atoms. The molecule has 2 aliphatic rings. The van der Waals surface area contributed by atoms with Crippen molar-refractivity contribution in [3.63, 3.8) is 0 Å². The van der Waals surface area contributed by atoms with Gasteiger partial charge in [-0.1, -0.05) is 0 Å². The first-order valence-electron chi connectivity index (χ1n) is 10.2. The number of hydrogen-bond acceptors (Lipinski definition) is 12. The number of phenolic OH excluding ortho intramolecular Hbond substituents is 2. The van der Waals surface area contributed by atoms with Crippen LogP contribution in [0.15, 0.2) is 39.5 Å². The van der Waals surface area contributed by atoms with Crippen LogP contribution < -0.4 is 19.6 Å². The molecule has 180 valence electrons. The van der Waals surface area contributed by atoms with Crippen molar-refractivity contribution in [2.45, 2.75) is 30.7 Å². The number of aliphatic hydroxyl groups excluding tert-OH is 4. The van der Waals surface area contributed by atoms with Crippen molar-refractivity contribution in [2.24, 2.45) is 0 Å². The number of benzene rings is 2. The highest BCUT2D eigenvalue weighted by Crippen LogP contribution is 2.44. The van der Waals surface area contributed by atoms with Crippen LogP contribution in [-0.4, -0.2) is 74.7 Å². The summed E-state index contributed by atoms with van der Waals surface area (Å²) in [5.74, 6) is -0.257. The van der Waals surface area contributed by atoms with Crippen LogP contribution in [0.1, 0.15) is 0 Å². The van der Waals surface area contributed by atoms with Crippen molar-refractivity contribution < 1.29 is 54.0 Å². The number of rotatable bonds is 4. The molecule has 0 unspecified atom stereocenters. The van der Waals surface area contributed by atoms with Gasteiger partial charge in [-0.2, -0.15) is 0 Å². The Morgan fingerprint density at radius 3 is 2.41 bits per heavy atom. The maximum absolute atomic E-state index is 12.7. The summed E-state index contributed by atoms with van der Waals surface area (Å²) < 4.78 is 27.7. The first kappa shape index (κ1) is 22.3. The molecule has 5 atom stereocenters. The fraction of sp³-hybridized carbons (Fsp3) is 0.318. The van der Waals surface area contributed by atoms with Crippen LogP contribution in [0.3, 0.4) is 0 Å². The van der Waals surface area contributed by atoms with Crippen LogP contribution in [0.4, 0.5) is 0 Å². The molecule has 0 amide bonds. The van der Waals surface area contributed by atoms with Crippen molar-refractivity contribution in [3.05, 3.63) is 40.6 Å². The molecule has 34 heavy (non-hydrogen) atoms. The van der Waals surface area contributed by atoms with Crippen molar-refractivity contribution in [3.8, 4) is 40.1 Å². The fourth-order valence-electron chi connectivity index (χ4n) is 3.89. The van der Waals surface area contributed by atoms with E-state index in [9.17, 15) is 35.4 Å². The zero-order chi connectivity index (χ0) is 24.1. The molecule has 12 heteroatoms. The number of phenols is 2. The predicted octanol–water partition coefficient (Wildman–Crippen LogP) is -0.221. The summed E-state index contributed by atoms with van der Waals surface area (Å²) in [6.45, 7) is -0.729. The van der Waals surface area contributed by atoms with Gasteiger partial charge in [-0.25, -0.2) is 0 Å². The molecule has 3 aromatic rings. The predicted molar refractivity (Wildman–Crippen MR) is 112 cm³/mol. The van der Waals surface area contributed by atoms with Gasteiger partial charge in [-0.15, -0.1) is 0 Å². The van der Waals surface area contributed by atoms with Gasteiger partial charge < -0.3 is 54.0 Å². The van der Waals surface area contributed by atoms with Gasteiger partial charge in [0, 0.05) is 24.3 Å². The molecule has 1 aromatic heterocycles. The van der Waals surface area contributed by atoms with Gasteiger partial charge >= 0.3 is 0 Å². The monoisotopic (exact) mass is 476 g/mol. The molecular formula is C22H20O12. The lowest BCUT2D eigenvalue weighted by atomic mass is 9.99. The van der Waals surface area contributed by atoms with Crippen molar-refractivity contribution in [1.29, 1.82) is 0 Å². The minimum atomic E-state index is -1.69. The van der Waals surface area contributed by atoms with E-state index in [1.54, 1.807) is 0 Å². The highest BCUT2D eigenvalue weighted by molar-refractivity contribution is 5.86. The third-order valence-electron chi connectivity index (χ3n) is 5.63. The van der Waals surface area contributed by atoms with E-state index >= 15 is 0 Å². The summed E-state index contributed by atoms with van der Waals surface area (Å²) in [5, 5.41) is 59.5. The Morgan fingerprint density at radius 1 is 0.941 bits per heavy atom. The van der Waals surface area contributed by atoms with Gasteiger partial charge in [-0.05, 0) is 6.07 Å². The van der Waals surface area contributed by atoms with Gasteiger partial charge in [0.15, 0.2) is 16.9 Å². The average Bonchev–Trinajstić information content (AvgIpc) is 3.25. The topological polar surface area (TPSA) is 189 Å². The molecule has 0 saturated carbocycles. The Kier molecular flexibility index (Phi) is 5.46. The maximum atomic E-state index is 12.7. The SMILES string of the molecule is O=c1cc(-c2cc3c(cc2O[C@@H]2O[C@H](CO)[C@@H](O)[C@H](O)[C@H]2O)OCO3)oc2cc(O)cc(O)c12. The number of aliphatic hydroxyl groups is 4. The normalized spacial score (nSPS) is 26.1. The van der Waals surface area contributed by atoms with Crippen LogP contribution in [-0.2, 0) is 4.74 Å². The number of fused-ring (bicyclic) bond motifs is 2. The Hall–Kier alpha value is -3.55. The van der Waals surface area contributed by atoms with Gasteiger partial charge in [0.25, 0.3) is 0 Å². The minimum Gasteiger partial charge on any atom is -0.508 e. The van der Waals surface area contributed by atoms with E-state index in [1.807, 2.05) is 0 Å². The minimum absolute atomic E-state index is 0.0135. The van der Waals surface area contributed by atoms with E-state index in [1.165, 1.54) is 12.1 Å². The van der Waals surface area contributed by atoms with Gasteiger partial charge in [-0.3, -0.25) is 4.79 Å². The van der Waals surface area contributed by atoms with E-state index in [4.69, 9.17) is 23.4 Å². The Morgan fingerprint density at radius 2 is 1.68 bits per heavy atom. The molecule has 0 spiro atoms. The van der Waals surface area contributed by atoms with Crippen LogP contribution in [0.2, 0.25) is 0 Å². The molecule has 1 fully saturated rings. The van der Waals surface area contributed by atoms with Crippen LogP contribution in [0, 0.1) is 0 Å². The highest BCUT2D eigenvalue weighted by atomic mass is 16.7. The molecule has 3 heterocycles. The van der Waals surface area contributed by atoms with Crippen LogP contribution in [0.5, 0.6) is 28.7 Å². The lowest BCUT2D eigenvalue weighted by molar-refractivity contribution is -0.277. The first-order valence-corrected chi connectivity index (χ1v) is 10.2. The fourth-order valence-corrected chi connectivity index (χ4v) is 3.89. The summed E-state index contributed by atoms with van der Waals surface area (Å²) in [5.41, 5.74) is -0.551. The van der Waals surface area contributed by atoms with E-state index < -0.39 is 48.5 Å². The Bertz CT molecular complexity index is 1300. The summed E-state index contributed by atoms with van der Waals surface area (Å²) in [6, 6.07) is 6.10. The quantitative estimate of drug-likeness (QED) is 0.291. The Balaban J connectivity index is 1.61. The van der Waals surface area contributed by atoms with E-state index in [0.29, 0.717) is 5.75 Å². The lowest BCUT2D eigenvalue weighted by Crippen LogP contribution is -2.60. The van der Waals surface area contributed by atoms with Crippen molar-refractivity contribution in [1.82, 2.24) is 0 Å². The molecule has 0 aliphatic carbocycles. The van der Waals surface area contributed by atoms with Crippen LogP contribution in [0.25, 0.3) is 22.3 Å². The number of hydrogen-bond donors (Lipinski definition) is 6. The second-order valence-electron chi connectivity index (χ2n) is 7.83. The van der Waals surface area contributed by atoms with Gasteiger partial charge in [0.1, 0.15) is 58.4 Å². The summed E-state index contributed by atoms with van der Waals surface area (Å²) in [4.78, 5) is 12.7. The molecule has 2 aromatic carbocycles. The smallest absolute Gasteiger partial charge is 0.231 e. The highest BCUT2D eigenvalue weighted by Gasteiger charge is 2.45. The Labute approximate surface area is 190 Å². The third kappa shape index (κ3) is 3.67. The van der Waals surface area contributed by atoms with Crippen molar-refractivity contribution >= 4 is 11.0 Å². The number of aromatic hydroxyl groups is 2. The van der Waals surface area contributed by atoms with Gasteiger partial charge in [0.05, 0.1) is 12.2 Å². The number of ether oxygens (including phenoxy) is 4. The van der Waals surface area contributed by atoms with Gasteiger partial charge in [0.2, 0.25) is 13.1 Å². The molecule has 1 saturated heterocycles. The maximum Gasteiger partial charge on any atom is 0.231 e. The molecule has 5 rings (SSSR count). The molecular weight excluding hydrogens is 456 g/mol. The average molecular weight is 476 g/mol. The summed E-state index contributed by atoms with van der Waals surface area (Å²) in [6.07, 6.45) is -7.65. The van der Waals surface area contributed by atoms with Crippen LogP contribution >= 0.6 is 0 Å². The second kappa shape index (κ2) is 8.34. The molecule has 12 nitrogen and oxygen atoms in total. The van der Waals surface area contributed by atoms with E-state index in [-0.39, 0.29) is 46.3 Å². The molecule has 2 aliphatic heterocycles. The first-order chi connectivity index (χ1) is 16.3. The summed E-state index contributed by atoms with van der Waals surface area (Å²) in [7, 11) is 0. The lowest BCUT2D eigenvalue weighted by Gasteiger charge is -2.39. The molecule has 0 radical (unpaired) electrons. The van der Waals surface area contributed by atoms with Crippen molar-refractivity contribution in [2.75, 3.05) is 13.4 Å². The summed E-state index contributed by atoms with van der Waals surface area (Å²) >= 11 is 0. The second-order valence-corrected chi connectivity index (χ2v) is 7.83.